The summed E-state index contributed by atoms with van der Waals surface area (Å²) in [5.41, 5.74) is 1.04. The van der Waals surface area contributed by atoms with Gasteiger partial charge in [-0.1, -0.05) is 30.3 Å². The molecule has 0 N–H and O–H groups in total. The van der Waals surface area contributed by atoms with Crippen LogP contribution >= 0.6 is 0 Å². The van der Waals surface area contributed by atoms with E-state index in [4.69, 9.17) is 9.47 Å². The smallest absolute Gasteiger partial charge is 0.254 e. The van der Waals surface area contributed by atoms with Gasteiger partial charge in [0.05, 0.1) is 19.1 Å². The first-order valence-electron chi connectivity index (χ1n) is 9.69. The predicted octanol–water partition coefficient (Wildman–Crippen LogP) is 2.44. The van der Waals surface area contributed by atoms with Gasteiger partial charge in [-0.05, 0) is 29.8 Å². The molecule has 0 radical (unpaired) electrons. The lowest BCUT2D eigenvalue weighted by Gasteiger charge is -2.31. The van der Waals surface area contributed by atoms with Gasteiger partial charge in [0.15, 0.2) is 5.72 Å². The molecule has 3 saturated heterocycles. The normalized spacial score (nSPS) is 25.7. The molecule has 144 valence electrons. The van der Waals surface area contributed by atoms with Gasteiger partial charge in [-0.2, -0.15) is 0 Å². The molecular formula is C22H22N2O4. The molecule has 3 aliphatic heterocycles. The minimum Gasteiger partial charge on any atom is -0.489 e. The molecule has 2 atom stereocenters. The molecule has 2 aromatic carbocycles. The van der Waals surface area contributed by atoms with Gasteiger partial charge in [-0.3, -0.25) is 9.59 Å². The molecule has 3 aliphatic rings. The second-order valence-corrected chi connectivity index (χ2v) is 7.51. The van der Waals surface area contributed by atoms with Crippen LogP contribution in [0.5, 0.6) is 5.75 Å². The van der Waals surface area contributed by atoms with E-state index in [2.05, 4.69) is 0 Å². The van der Waals surface area contributed by atoms with E-state index in [0.29, 0.717) is 44.7 Å². The SMILES string of the molecule is O=C(c1ccc(COc2ccccc2)cc1)N1CC[C@@]23OCCN2C(=O)C[C@@H]13. The number of hydrogen-bond acceptors (Lipinski definition) is 4. The third kappa shape index (κ3) is 2.67. The standard InChI is InChI=1S/C22H22N2O4/c25-20-14-19-22(24(20)12-13-28-22)10-11-23(19)21(26)17-8-6-16(7-9-17)15-27-18-4-2-1-3-5-18/h1-9,19H,10-15H2/t19-,22+/m1/s1. The van der Waals surface area contributed by atoms with Crippen LogP contribution in [-0.2, 0) is 16.1 Å². The molecule has 0 bridgehead atoms. The van der Waals surface area contributed by atoms with Gasteiger partial charge in [0.1, 0.15) is 12.4 Å². The van der Waals surface area contributed by atoms with Gasteiger partial charge in [0.2, 0.25) is 5.91 Å². The van der Waals surface area contributed by atoms with E-state index in [1.807, 2.05) is 64.4 Å². The third-order valence-electron chi connectivity index (χ3n) is 6.01. The fourth-order valence-electron chi connectivity index (χ4n) is 4.63. The van der Waals surface area contributed by atoms with E-state index in [1.165, 1.54) is 0 Å². The topological polar surface area (TPSA) is 59.1 Å². The first-order chi connectivity index (χ1) is 13.7. The molecule has 0 saturated carbocycles. The number of para-hydroxylation sites is 1. The highest BCUT2D eigenvalue weighted by molar-refractivity contribution is 5.96. The Labute approximate surface area is 163 Å². The molecule has 0 aliphatic carbocycles. The highest BCUT2D eigenvalue weighted by atomic mass is 16.5. The number of carbonyl (C=O) groups excluding carboxylic acids is 2. The maximum absolute atomic E-state index is 13.1. The van der Waals surface area contributed by atoms with Gasteiger partial charge >= 0.3 is 0 Å². The second-order valence-electron chi connectivity index (χ2n) is 7.51. The summed E-state index contributed by atoms with van der Waals surface area (Å²) >= 11 is 0. The number of hydrogen-bond donors (Lipinski definition) is 0. The maximum atomic E-state index is 13.1. The number of ether oxygens (including phenoxy) is 2. The Bertz CT molecular complexity index is 899. The fourth-order valence-corrected chi connectivity index (χ4v) is 4.63. The molecule has 3 heterocycles. The Morgan fingerprint density at radius 2 is 1.89 bits per heavy atom. The molecule has 5 rings (SSSR count). The van der Waals surface area contributed by atoms with Gasteiger partial charge in [-0.25, -0.2) is 0 Å². The highest BCUT2D eigenvalue weighted by Crippen LogP contribution is 2.45. The molecule has 2 aromatic rings. The van der Waals surface area contributed by atoms with Crippen molar-refractivity contribution in [2.75, 3.05) is 19.7 Å². The van der Waals surface area contributed by atoms with Crippen molar-refractivity contribution < 1.29 is 19.1 Å². The summed E-state index contributed by atoms with van der Waals surface area (Å²) in [6.45, 7) is 2.26. The Hall–Kier alpha value is -2.86. The number of rotatable bonds is 4. The van der Waals surface area contributed by atoms with E-state index in [1.54, 1.807) is 0 Å². The van der Waals surface area contributed by atoms with Crippen LogP contribution in [0.4, 0.5) is 0 Å². The summed E-state index contributed by atoms with van der Waals surface area (Å²) in [6.07, 6.45) is 1.05. The van der Waals surface area contributed by atoms with Crippen molar-refractivity contribution in [3.63, 3.8) is 0 Å². The summed E-state index contributed by atoms with van der Waals surface area (Å²) in [7, 11) is 0. The number of amides is 2. The number of benzene rings is 2. The van der Waals surface area contributed by atoms with Gasteiger partial charge in [-0.15, -0.1) is 0 Å². The van der Waals surface area contributed by atoms with Crippen LogP contribution in [0.3, 0.4) is 0 Å². The van der Waals surface area contributed by atoms with Crippen molar-refractivity contribution in [1.29, 1.82) is 0 Å². The molecule has 6 heteroatoms. The van der Waals surface area contributed by atoms with E-state index in [9.17, 15) is 9.59 Å². The molecule has 28 heavy (non-hydrogen) atoms. The van der Waals surface area contributed by atoms with Crippen LogP contribution in [0.15, 0.2) is 54.6 Å². The molecule has 3 fully saturated rings. The van der Waals surface area contributed by atoms with E-state index in [0.717, 1.165) is 11.3 Å². The van der Waals surface area contributed by atoms with Gasteiger partial charge in [0.25, 0.3) is 5.91 Å². The Morgan fingerprint density at radius 3 is 2.68 bits per heavy atom. The minimum atomic E-state index is -0.587. The lowest BCUT2D eigenvalue weighted by molar-refractivity contribution is -0.136. The Kier molecular flexibility index (Phi) is 4.09. The zero-order chi connectivity index (χ0) is 19.1. The lowest BCUT2D eigenvalue weighted by Crippen LogP contribution is -2.48. The molecular weight excluding hydrogens is 356 g/mol. The Morgan fingerprint density at radius 1 is 1.11 bits per heavy atom. The zero-order valence-electron chi connectivity index (χ0n) is 15.5. The summed E-state index contributed by atoms with van der Waals surface area (Å²) < 4.78 is 11.7. The molecule has 6 nitrogen and oxygen atoms in total. The van der Waals surface area contributed by atoms with Crippen molar-refractivity contribution in [2.45, 2.75) is 31.2 Å². The van der Waals surface area contributed by atoms with Crippen LogP contribution in [0.25, 0.3) is 0 Å². The monoisotopic (exact) mass is 378 g/mol. The predicted molar refractivity (Wildman–Crippen MR) is 102 cm³/mol. The van der Waals surface area contributed by atoms with Crippen molar-refractivity contribution in [3.05, 3.63) is 65.7 Å². The van der Waals surface area contributed by atoms with E-state index in [-0.39, 0.29) is 17.9 Å². The number of likely N-dealkylation sites (tertiary alicyclic amines) is 1. The van der Waals surface area contributed by atoms with Crippen LogP contribution in [0.1, 0.15) is 28.8 Å². The molecule has 0 aromatic heterocycles. The van der Waals surface area contributed by atoms with Gasteiger partial charge < -0.3 is 19.3 Å². The average molecular weight is 378 g/mol. The summed E-state index contributed by atoms with van der Waals surface area (Å²) in [5.74, 6) is 0.869. The molecule has 2 amide bonds. The fraction of sp³-hybridized carbons (Fsp3) is 0.364. The Balaban J connectivity index is 1.28. The first-order valence-corrected chi connectivity index (χ1v) is 9.69. The number of nitrogens with zero attached hydrogens (tertiary/aromatic N) is 2. The summed E-state index contributed by atoms with van der Waals surface area (Å²) in [5, 5.41) is 0. The maximum Gasteiger partial charge on any atom is 0.254 e. The van der Waals surface area contributed by atoms with E-state index < -0.39 is 5.72 Å². The summed E-state index contributed by atoms with van der Waals surface area (Å²) in [4.78, 5) is 29.0. The largest absolute Gasteiger partial charge is 0.489 e. The minimum absolute atomic E-state index is 0.0393. The van der Waals surface area contributed by atoms with Crippen molar-refractivity contribution >= 4 is 11.8 Å². The van der Waals surface area contributed by atoms with Crippen LogP contribution in [0, 0.1) is 0 Å². The van der Waals surface area contributed by atoms with Crippen LogP contribution in [0.2, 0.25) is 0 Å². The third-order valence-corrected chi connectivity index (χ3v) is 6.01. The quantitative estimate of drug-likeness (QED) is 0.820. The van der Waals surface area contributed by atoms with Gasteiger partial charge in [0, 0.05) is 25.1 Å². The van der Waals surface area contributed by atoms with Crippen molar-refractivity contribution in [3.8, 4) is 5.75 Å². The van der Waals surface area contributed by atoms with Crippen LogP contribution < -0.4 is 4.74 Å². The van der Waals surface area contributed by atoms with Crippen LogP contribution in [-0.4, -0.2) is 53.1 Å². The molecule has 0 unspecified atom stereocenters. The zero-order valence-corrected chi connectivity index (χ0v) is 15.5. The first kappa shape index (κ1) is 17.3. The molecule has 1 spiro atoms. The van der Waals surface area contributed by atoms with Crippen molar-refractivity contribution in [2.24, 2.45) is 0 Å². The summed E-state index contributed by atoms with van der Waals surface area (Å²) in [6, 6.07) is 17.0. The number of carbonyl (C=O) groups is 2. The lowest BCUT2D eigenvalue weighted by atomic mass is 10.1. The highest BCUT2D eigenvalue weighted by Gasteiger charge is 2.62. The average Bonchev–Trinajstić information content (AvgIpc) is 3.38. The second kappa shape index (κ2) is 6.63. The van der Waals surface area contributed by atoms with E-state index >= 15 is 0 Å². The van der Waals surface area contributed by atoms with Crippen molar-refractivity contribution in [1.82, 2.24) is 9.80 Å².